The van der Waals surface area contributed by atoms with Crippen molar-refractivity contribution in [2.45, 2.75) is 12.6 Å². The minimum Gasteiger partial charge on any atom is -0.455 e. The summed E-state index contributed by atoms with van der Waals surface area (Å²) in [6.07, 6.45) is 9.42. The van der Waals surface area contributed by atoms with Crippen LogP contribution in [0.2, 0.25) is 0 Å². The Kier molecular flexibility index (Phi) is 7.22. The zero-order valence-corrected chi connectivity index (χ0v) is 31.6. The number of furan rings is 1. The van der Waals surface area contributed by atoms with Crippen molar-refractivity contribution in [2.75, 3.05) is 0 Å². The van der Waals surface area contributed by atoms with Crippen LogP contribution in [-0.4, -0.2) is 22.4 Å². The Labute approximate surface area is 332 Å². The van der Waals surface area contributed by atoms with Gasteiger partial charge in [-0.25, -0.2) is 9.98 Å². The van der Waals surface area contributed by atoms with E-state index in [1.54, 1.807) is 0 Å². The lowest BCUT2D eigenvalue weighted by molar-refractivity contribution is 0.475. The number of amidine groups is 2. The van der Waals surface area contributed by atoms with Gasteiger partial charge in [-0.05, 0) is 72.1 Å². The lowest BCUT2D eigenvalue weighted by Gasteiger charge is -2.28. The Balaban J connectivity index is 0.973. The summed E-state index contributed by atoms with van der Waals surface area (Å²) in [5.74, 6) is 1.70. The molecule has 1 aliphatic carbocycles. The number of nitrogens with one attached hydrogen (secondary N) is 1. The normalized spacial score (nSPS) is 16.9. The van der Waals surface area contributed by atoms with Gasteiger partial charge in [-0.3, -0.25) is 0 Å². The minimum absolute atomic E-state index is 0.176. The SMILES string of the molecule is C1=CCC(C2N=C(c3cccc4c3oc3ccccc34)N=C(c3ccc4c(c3)sc3ccc(-c5cccc6c5c5ccccc5n6-c5ccccc5)cc34)N2)C=C1. The van der Waals surface area contributed by atoms with E-state index in [0.29, 0.717) is 5.84 Å². The second-order valence-electron chi connectivity index (χ2n) is 14.9. The number of nitrogens with zero attached hydrogens (tertiary/aromatic N) is 3. The lowest BCUT2D eigenvalue weighted by Crippen LogP contribution is -2.43. The average Bonchev–Trinajstić information content (AvgIpc) is 3.96. The number of hydrogen-bond donors (Lipinski definition) is 1. The maximum absolute atomic E-state index is 6.46. The third-order valence-corrected chi connectivity index (χ3v) is 12.7. The summed E-state index contributed by atoms with van der Waals surface area (Å²) in [4.78, 5) is 10.5. The zero-order valence-electron chi connectivity index (χ0n) is 30.8. The highest BCUT2D eigenvalue weighted by atomic mass is 32.1. The van der Waals surface area contributed by atoms with Crippen LogP contribution >= 0.6 is 11.3 Å². The van der Waals surface area contributed by atoms with Gasteiger partial charge in [0.2, 0.25) is 0 Å². The van der Waals surface area contributed by atoms with E-state index >= 15 is 0 Å². The molecular weight excluding hydrogens is 717 g/mol. The van der Waals surface area contributed by atoms with Crippen molar-refractivity contribution in [1.29, 1.82) is 0 Å². The highest BCUT2D eigenvalue weighted by Gasteiger charge is 2.27. The molecule has 0 saturated heterocycles. The van der Waals surface area contributed by atoms with E-state index in [9.17, 15) is 0 Å². The number of rotatable bonds is 5. The molecule has 12 rings (SSSR count). The molecule has 1 N–H and O–H groups in total. The summed E-state index contributed by atoms with van der Waals surface area (Å²) in [6, 6.07) is 54.3. The highest BCUT2D eigenvalue weighted by Crippen LogP contribution is 2.42. The molecule has 0 radical (unpaired) electrons. The maximum atomic E-state index is 6.46. The first-order chi connectivity index (χ1) is 28.2. The van der Waals surface area contributed by atoms with Gasteiger partial charge in [0.25, 0.3) is 0 Å². The van der Waals surface area contributed by atoms with Gasteiger partial charge in [0.05, 0.1) is 16.6 Å². The largest absolute Gasteiger partial charge is 0.455 e. The molecule has 4 heterocycles. The fourth-order valence-electron chi connectivity index (χ4n) is 8.92. The van der Waals surface area contributed by atoms with Gasteiger partial charge in [-0.15, -0.1) is 11.3 Å². The first kappa shape index (κ1) is 32.2. The van der Waals surface area contributed by atoms with Gasteiger partial charge in [0.1, 0.15) is 23.2 Å². The number of thiophene rings is 1. The van der Waals surface area contributed by atoms with Crippen molar-refractivity contribution in [3.8, 4) is 16.8 Å². The van der Waals surface area contributed by atoms with Crippen LogP contribution in [0.25, 0.3) is 80.7 Å². The Morgan fingerprint density at radius 1 is 0.614 bits per heavy atom. The average molecular weight is 751 g/mol. The van der Waals surface area contributed by atoms with Gasteiger partial charge in [0.15, 0.2) is 5.84 Å². The number of allylic oxidation sites excluding steroid dienone is 3. The maximum Gasteiger partial charge on any atom is 0.162 e. The molecule has 2 unspecified atom stereocenters. The summed E-state index contributed by atoms with van der Waals surface area (Å²) in [5.41, 5.74) is 9.65. The van der Waals surface area contributed by atoms with Crippen molar-refractivity contribution < 1.29 is 4.42 Å². The summed E-state index contributed by atoms with van der Waals surface area (Å²) in [6.45, 7) is 0. The van der Waals surface area contributed by atoms with Crippen molar-refractivity contribution in [2.24, 2.45) is 15.9 Å². The Morgan fingerprint density at radius 2 is 1.40 bits per heavy atom. The second kappa shape index (κ2) is 12.8. The lowest BCUT2D eigenvalue weighted by atomic mass is 9.96. The van der Waals surface area contributed by atoms with Crippen LogP contribution in [0, 0.1) is 5.92 Å². The molecule has 0 fully saturated rings. The van der Waals surface area contributed by atoms with Crippen molar-refractivity contribution >= 4 is 86.9 Å². The van der Waals surface area contributed by atoms with E-state index in [4.69, 9.17) is 14.4 Å². The number of benzene rings is 7. The Bertz CT molecular complexity index is 3380. The first-order valence-electron chi connectivity index (χ1n) is 19.5. The third kappa shape index (κ3) is 5.14. The van der Waals surface area contributed by atoms with Crippen LogP contribution in [0.3, 0.4) is 0 Å². The Hall–Kier alpha value is -7.02. The quantitative estimate of drug-likeness (QED) is 0.190. The van der Waals surface area contributed by atoms with E-state index in [0.717, 1.165) is 51.0 Å². The van der Waals surface area contributed by atoms with E-state index in [1.807, 2.05) is 23.5 Å². The van der Waals surface area contributed by atoms with Gasteiger partial charge in [0, 0.05) is 58.9 Å². The molecule has 0 bridgehead atoms. The molecule has 0 saturated carbocycles. The molecule has 3 aromatic heterocycles. The van der Waals surface area contributed by atoms with Crippen molar-refractivity contribution in [1.82, 2.24) is 9.88 Å². The first-order valence-corrected chi connectivity index (χ1v) is 20.3. The molecule has 7 aromatic carbocycles. The van der Waals surface area contributed by atoms with Crippen LogP contribution in [0.15, 0.2) is 190 Å². The van der Waals surface area contributed by atoms with E-state index < -0.39 is 0 Å². The minimum atomic E-state index is -0.176. The summed E-state index contributed by atoms with van der Waals surface area (Å²) >= 11 is 1.83. The topological polar surface area (TPSA) is 54.8 Å². The van der Waals surface area contributed by atoms with Crippen LogP contribution in [0.1, 0.15) is 17.5 Å². The molecule has 57 heavy (non-hydrogen) atoms. The van der Waals surface area contributed by atoms with Crippen LogP contribution in [0.4, 0.5) is 0 Å². The van der Waals surface area contributed by atoms with Crippen LogP contribution < -0.4 is 5.32 Å². The van der Waals surface area contributed by atoms with Gasteiger partial charge in [-0.2, -0.15) is 0 Å². The molecule has 0 amide bonds. The summed E-state index contributed by atoms with van der Waals surface area (Å²) in [5, 5.41) is 10.9. The number of hydrogen-bond acceptors (Lipinski definition) is 5. The third-order valence-electron chi connectivity index (χ3n) is 11.6. The predicted octanol–water partition coefficient (Wildman–Crippen LogP) is 13.0. The summed E-state index contributed by atoms with van der Waals surface area (Å²) in [7, 11) is 0. The molecule has 270 valence electrons. The monoisotopic (exact) mass is 750 g/mol. The number of fused-ring (bicyclic) bond motifs is 9. The molecule has 2 atom stereocenters. The van der Waals surface area contributed by atoms with E-state index in [2.05, 4.69) is 174 Å². The molecule has 10 aromatic rings. The molecule has 2 aliphatic rings. The van der Waals surface area contributed by atoms with E-state index in [-0.39, 0.29) is 12.1 Å². The fraction of sp³-hybridized carbons (Fsp3) is 0.0588. The van der Waals surface area contributed by atoms with Crippen LogP contribution in [0.5, 0.6) is 0 Å². The molecule has 1 aliphatic heterocycles. The van der Waals surface area contributed by atoms with E-state index in [1.165, 1.54) is 53.1 Å². The second-order valence-corrected chi connectivity index (χ2v) is 16.0. The van der Waals surface area contributed by atoms with Gasteiger partial charge in [-0.1, -0.05) is 121 Å². The zero-order chi connectivity index (χ0) is 37.5. The van der Waals surface area contributed by atoms with Gasteiger partial charge < -0.3 is 14.3 Å². The molecule has 0 spiro atoms. The van der Waals surface area contributed by atoms with Crippen LogP contribution in [-0.2, 0) is 0 Å². The van der Waals surface area contributed by atoms with Gasteiger partial charge >= 0.3 is 0 Å². The highest BCUT2D eigenvalue weighted by molar-refractivity contribution is 7.25. The molecular formula is C51H34N4OS. The van der Waals surface area contributed by atoms with Crippen molar-refractivity contribution in [3.05, 3.63) is 187 Å². The Morgan fingerprint density at radius 3 is 2.32 bits per heavy atom. The number of aliphatic imine (C=N–C) groups is 2. The number of aromatic nitrogens is 1. The predicted molar refractivity (Wildman–Crippen MR) is 239 cm³/mol. The fourth-order valence-corrected chi connectivity index (χ4v) is 10.0. The number of para-hydroxylation sites is 4. The van der Waals surface area contributed by atoms with Crippen molar-refractivity contribution in [3.63, 3.8) is 0 Å². The molecule has 5 nitrogen and oxygen atoms in total. The smallest absolute Gasteiger partial charge is 0.162 e. The standard InChI is InChI=1S/C51H34N4OS/c1-3-13-31(14-4-1)49-52-50(54-51(53-49)40-21-11-20-38-36-17-8-10-24-44(36)56-48(38)40)33-25-27-37-41-29-32(26-28-45(41)57-46(37)30-33)35-19-12-23-43-47(35)39-18-7-9-22-42(39)55(43)34-15-5-2-6-16-34/h1-13,15-31,49H,14H2,(H,52,53,54). The summed E-state index contributed by atoms with van der Waals surface area (Å²) < 4.78 is 11.3. The molecule has 6 heteroatoms.